The van der Waals surface area contributed by atoms with Crippen LogP contribution in [0.5, 0.6) is 5.75 Å². The van der Waals surface area contributed by atoms with Crippen LogP contribution in [0.4, 0.5) is 11.7 Å². The third-order valence-electron chi connectivity index (χ3n) is 5.53. The van der Waals surface area contributed by atoms with Crippen molar-refractivity contribution in [3.8, 4) is 28.8 Å². The molecule has 5 rings (SSSR count). The molecule has 0 spiro atoms. The first-order chi connectivity index (χ1) is 16.5. The van der Waals surface area contributed by atoms with E-state index in [9.17, 15) is 9.59 Å². The summed E-state index contributed by atoms with van der Waals surface area (Å²) >= 11 is 1.32. The lowest BCUT2D eigenvalue weighted by Crippen LogP contribution is -2.38. The Morgan fingerprint density at radius 2 is 2.03 bits per heavy atom. The summed E-state index contributed by atoms with van der Waals surface area (Å²) in [4.78, 5) is 35.7. The molecule has 10 heteroatoms. The first-order valence-corrected chi connectivity index (χ1v) is 11.9. The fourth-order valence-corrected chi connectivity index (χ4v) is 4.73. The van der Waals surface area contributed by atoms with E-state index in [1.54, 1.807) is 6.07 Å². The molecule has 0 aromatic carbocycles. The summed E-state index contributed by atoms with van der Waals surface area (Å²) in [6.07, 6.45) is 0. The molecule has 0 radical (unpaired) electrons. The van der Waals surface area contributed by atoms with Crippen molar-refractivity contribution in [1.29, 1.82) is 0 Å². The minimum Gasteiger partial charge on any atom is -0.488 e. The normalized spacial score (nSPS) is 15.6. The number of fused-ring (bicyclic) bond motifs is 2. The number of aromatic nitrogens is 1. The number of morpholine rings is 1. The van der Waals surface area contributed by atoms with Gasteiger partial charge in [0.15, 0.2) is 23.0 Å². The average Bonchev–Trinajstić information content (AvgIpc) is 3.28. The van der Waals surface area contributed by atoms with Gasteiger partial charge in [0.2, 0.25) is 5.43 Å². The second-order valence-corrected chi connectivity index (χ2v) is 9.10. The number of nitrogens with zero attached hydrogens (tertiary/aromatic N) is 4. The Bertz CT molecular complexity index is 1350. The van der Waals surface area contributed by atoms with Crippen LogP contribution in [-0.4, -0.2) is 75.9 Å². The van der Waals surface area contributed by atoms with Gasteiger partial charge in [-0.05, 0) is 32.1 Å². The van der Waals surface area contributed by atoms with Crippen molar-refractivity contribution in [2.75, 3.05) is 69.9 Å². The first kappa shape index (κ1) is 22.4. The zero-order valence-electron chi connectivity index (χ0n) is 19.0. The van der Waals surface area contributed by atoms with Crippen LogP contribution < -0.4 is 20.0 Å². The molecule has 1 saturated heterocycles. The summed E-state index contributed by atoms with van der Waals surface area (Å²) < 4.78 is 17.9. The Labute approximate surface area is 200 Å². The highest BCUT2D eigenvalue weighted by atomic mass is 32.1. The highest BCUT2D eigenvalue weighted by Gasteiger charge is 2.26. The Kier molecular flexibility index (Phi) is 6.24. The molecule has 34 heavy (non-hydrogen) atoms. The van der Waals surface area contributed by atoms with E-state index in [-0.39, 0.29) is 11.3 Å². The molecule has 1 amide bonds. The van der Waals surface area contributed by atoms with Gasteiger partial charge in [-0.15, -0.1) is 11.3 Å². The van der Waals surface area contributed by atoms with Crippen molar-refractivity contribution < 1.29 is 18.7 Å². The second kappa shape index (κ2) is 9.46. The maximum atomic E-state index is 12.8. The van der Waals surface area contributed by atoms with E-state index in [0.717, 1.165) is 0 Å². The van der Waals surface area contributed by atoms with Crippen molar-refractivity contribution >= 4 is 39.2 Å². The number of anilines is 2. The number of hydrogen-bond acceptors (Lipinski definition) is 9. The van der Waals surface area contributed by atoms with E-state index in [4.69, 9.17) is 18.9 Å². The minimum absolute atomic E-state index is 0.0896. The van der Waals surface area contributed by atoms with Gasteiger partial charge in [-0.3, -0.25) is 19.4 Å². The molecule has 0 N–H and O–H groups in total. The third kappa shape index (κ3) is 4.37. The number of carbonyl (C=O) groups is 1. The second-order valence-electron chi connectivity index (χ2n) is 8.22. The van der Waals surface area contributed by atoms with Gasteiger partial charge >= 0.3 is 5.91 Å². The molecule has 9 nitrogen and oxygen atoms in total. The van der Waals surface area contributed by atoms with Crippen molar-refractivity contribution in [2.24, 2.45) is 0 Å². The minimum atomic E-state index is -0.327. The Hall–Kier alpha value is -3.39. The molecule has 5 heterocycles. The molecule has 3 aromatic rings. The van der Waals surface area contributed by atoms with Crippen LogP contribution in [-0.2, 0) is 9.53 Å². The van der Waals surface area contributed by atoms with Gasteiger partial charge in [-0.25, -0.2) is 4.98 Å². The average molecular weight is 481 g/mol. The van der Waals surface area contributed by atoms with E-state index in [1.165, 1.54) is 22.3 Å². The van der Waals surface area contributed by atoms with Crippen molar-refractivity contribution in [2.45, 2.75) is 0 Å². The molecule has 0 aliphatic carbocycles. The fourth-order valence-electron chi connectivity index (χ4n) is 3.83. The summed E-state index contributed by atoms with van der Waals surface area (Å²) in [7, 11) is 3.79. The van der Waals surface area contributed by atoms with Gasteiger partial charge in [-0.2, -0.15) is 0 Å². The summed E-state index contributed by atoms with van der Waals surface area (Å²) in [6, 6.07) is 5.14. The van der Waals surface area contributed by atoms with Gasteiger partial charge in [-0.1, -0.05) is 5.92 Å². The molecular weight excluding hydrogens is 456 g/mol. The number of thiophene rings is 1. The molecule has 2 aliphatic rings. The molecule has 1 fully saturated rings. The number of amides is 1. The quantitative estimate of drug-likeness (QED) is 0.527. The van der Waals surface area contributed by atoms with Gasteiger partial charge in [0, 0.05) is 24.5 Å². The summed E-state index contributed by atoms with van der Waals surface area (Å²) in [5.41, 5.74) is 1.70. The number of hydrogen-bond donors (Lipinski definition) is 0. The lowest BCUT2D eigenvalue weighted by atomic mass is 10.2. The predicted octanol–water partition coefficient (Wildman–Crippen LogP) is 2.04. The Balaban J connectivity index is 1.53. The van der Waals surface area contributed by atoms with Crippen LogP contribution in [0, 0.1) is 11.8 Å². The molecule has 3 aromatic heterocycles. The Morgan fingerprint density at radius 3 is 2.82 bits per heavy atom. The lowest BCUT2D eigenvalue weighted by molar-refractivity contribution is -0.113. The van der Waals surface area contributed by atoms with E-state index >= 15 is 0 Å². The van der Waals surface area contributed by atoms with E-state index in [0.29, 0.717) is 85.0 Å². The largest absolute Gasteiger partial charge is 0.488 e. The van der Waals surface area contributed by atoms with E-state index in [2.05, 4.69) is 11.8 Å². The van der Waals surface area contributed by atoms with Gasteiger partial charge < -0.3 is 18.8 Å². The number of ether oxygens (including phenoxy) is 2. The maximum absolute atomic E-state index is 12.8. The summed E-state index contributed by atoms with van der Waals surface area (Å²) in [5.74, 6) is 6.70. The van der Waals surface area contributed by atoms with Crippen molar-refractivity contribution in [1.82, 2.24) is 9.88 Å². The van der Waals surface area contributed by atoms with Crippen LogP contribution in [0.15, 0.2) is 32.8 Å². The topological polar surface area (TPSA) is 88.4 Å². The molecule has 0 unspecified atom stereocenters. The zero-order valence-corrected chi connectivity index (χ0v) is 19.8. The van der Waals surface area contributed by atoms with Gasteiger partial charge in [0.05, 0.1) is 37.6 Å². The number of pyridine rings is 1. The van der Waals surface area contributed by atoms with E-state index in [1.807, 2.05) is 35.3 Å². The van der Waals surface area contributed by atoms with Gasteiger partial charge in [0.1, 0.15) is 11.3 Å². The van der Waals surface area contributed by atoms with Gasteiger partial charge in [0.25, 0.3) is 0 Å². The predicted molar refractivity (Wildman–Crippen MR) is 131 cm³/mol. The molecule has 176 valence electrons. The van der Waals surface area contributed by atoms with Crippen LogP contribution in [0.2, 0.25) is 0 Å². The maximum Gasteiger partial charge on any atom is 0.304 e. The highest BCUT2D eigenvalue weighted by Crippen LogP contribution is 2.37. The highest BCUT2D eigenvalue weighted by molar-refractivity contribution is 7.17. The molecule has 0 bridgehead atoms. The molecule has 0 saturated carbocycles. The smallest absolute Gasteiger partial charge is 0.304 e. The van der Waals surface area contributed by atoms with Crippen LogP contribution >= 0.6 is 11.3 Å². The van der Waals surface area contributed by atoms with Crippen molar-refractivity contribution in [3.63, 3.8) is 0 Å². The number of rotatable bonds is 3. The molecule has 0 atom stereocenters. The third-order valence-corrected chi connectivity index (χ3v) is 6.51. The fraction of sp³-hybridized carbons (Fsp3) is 0.375. The lowest BCUT2D eigenvalue weighted by Gasteiger charge is -2.27. The van der Waals surface area contributed by atoms with Crippen molar-refractivity contribution in [3.05, 3.63) is 33.8 Å². The Morgan fingerprint density at radius 1 is 1.21 bits per heavy atom. The summed E-state index contributed by atoms with van der Waals surface area (Å²) in [6.45, 7) is 3.72. The number of carbonyl (C=O) groups excluding carboxylic acids is 1. The van der Waals surface area contributed by atoms with Crippen LogP contribution in [0.3, 0.4) is 0 Å². The SMILES string of the molecule is CN(C)CC#CC(=O)N1CCOc2ccc(-c3csc4c(=O)cc(N5CCOCC5)oc34)nc21. The van der Waals surface area contributed by atoms with Crippen LogP contribution in [0.1, 0.15) is 0 Å². The molecule has 2 aliphatic heterocycles. The standard InChI is InChI=1S/C24H24N4O5S/c1-26(2)7-3-4-20(30)28-10-13-32-19-6-5-17(25-24(19)28)16-15-34-23-18(29)14-21(33-22(16)23)27-8-11-31-12-9-27/h5-6,14-15H,7-13H2,1-2H3. The first-order valence-electron chi connectivity index (χ1n) is 11.0. The van der Waals surface area contributed by atoms with E-state index < -0.39 is 0 Å². The zero-order chi connectivity index (χ0) is 23.7. The monoisotopic (exact) mass is 480 g/mol. The molecular formula is C24H24N4O5S. The van der Waals surface area contributed by atoms with Crippen LogP contribution in [0.25, 0.3) is 21.5 Å². The summed E-state index contributed by atoms with van der Waals surface area (Å²) in [5, 5.41) is 1.86.